The standard InChI is InChI=1S/C5H4F6S/c6-3-2(4(7,8)9)1-12-5(3,10)11/h2-3H,1H2. The van der Waals surface area contributed by atoms with Crippen molar-refractivity contribution >= 4 is 11.8 Å². The number of halogens is 6. The third-order valence-corrected chi connectivity index (χ3v) is 2.69. The molecule has 0 nitrogen and oxygen atoms in total. The van der Waals surface area contributed by atoms with Gasteiger partial charge in [0.15, 0.2) is 6.17 Å². The van der Waals surface area contributed by atoms with Crippen LogP contribution in [0, 0.1) is 5.92 Å². The highest BCUT2D eigenvalue weighted by molar-refractivity contribution is 8.00. The summed E-state index contributed by atoms with van der Waals surface area (Å²) in [7, 11) is 0. The molecule has 0 aromatic heterocycles. The molecule has 1 fully saturated rings. The number of rotatable bonds is 0. The maximum Gasteiger partial charge on any atom is 0.395 e. The van der Waals surface area contributed by atoms with Gasteiger partial charge in [-0.25, -0.2) is 4.39 Å². The number of hydrogen-bond donors (Lipinski definition) is 0. The van der Waals surface area contributed by atoms with E-state index in [9.17, 15) is 26.3 Å². The van der Waals surface area contributed by atoms with Crippen LogP contribution in [-0.4, -0.2) is 23.4 Å². The van der Waals surface area contributed by atoms with Gasteiger partial charge in [-0.1, -0.05) is 11.8 Å². The first-order valence-corrected chi connectivity index (χ1v) is 3.96. The van der Waals surface area contributed by atoms with Crippen LogP contribution in [0.15, 0.2) is 0 Å². The minimum atomic E-state index is -4.87. The first kappa shape index (κ1) is 10.0. The first-order valence-electron chi connectivity index (χ1n) is 2.97. The summed E-state index contributed by atoms with van der Waals surface area (Å²) in [5, 5.41) is -3.89. The number of thioether (sulfide) groups is 1. The van der Waals surface area contributed by atoms with E-state index in [1.165, 1.54) is 0 Å². The minimum Gasteiger partial charge on any atom is -0.239 e. The molecular weight excluding hydrogens is 206 g/mol. The Morgan fingerprint density at radius 2 is 1.75 bits per heavy atom. The van der Waals surface area contributed by atoms with Gasteiger partial charge < -0.3 is 0 Å². The van der Waals surface area contributed by atoms with Crippen LogP contribution in [0.5, 0.6) is 0 Å². The van der Waals surface area contributed by atoms with E-state index in [1.807, 2.05) is 0 Å². The second-order valence-electron chi connectivity index (χ2n) is 2.42. The normalized spacial score (nSPS) is 35.5. The van der Waals surface area contributed by atoms with Gasteiger partial charge in [0.25, 0.3) is 0 Å². The van der Waals surface area contributed by atoms with Crippen LogP contribution in [-0.2, 0) is 0 Å². The van der Waals surface area contributed by atoms with Gasteiger partial charge in [0, 0.05) is 5.75 Å². The molecule has 0 amide bonds. The van der Waals surface area contributed by atoms with Crippen LogP contribution < -0.4 is 0 Å². The Morgan fingerprint density at radius 3 is 1.92 bits per heavy atom. The van der Waals surface area contributed by atoms with Crippen molar-refractivity contribution in [2.45, 2.75) is 17.6 Å². The molecule has 1 aliphatic rings. The SMILES string of the molecule is FC1C(C(F)(F)F)CSC1(F)F. The third-order valence-electron chi connectivity index (χ3n) is 1.55. The average molecular weight is 210 g/mol. The van der Waals surface area contributed by atoms with Gasteiger partial charge in [-0.05, 0) is 0 Å². The molecule has 72 valence electrons. The van der Waals surface area contributed by atoms with E-state index < -0.39 is 29.3 Å². The number of alkyl halides is 6. The lowest BCUT2D eigenvalue weighted by atomic mass is 10.1. The summed E-state index contributed by atoms with van der Waals surface area (Å²) in [6.45, 7) is 0. The quantitative estimate of drug-likeness (QED) is 0.554. The Morgan fingerprint density at radius 1 is 1.25 bits per heavy atom. The van der Waals surface area contributed by atoms with Crippen molar-refractivity contribution in [1.82, 2.24) is 0 Å². The molecule has 1 aliphatic heterocycles. The van der Waals surface area contributed by atoms with E-state index in [-0.39, 0.29) is 11.8 Å². The summed E-state index contributed by atoms with van der Waals surface area (Å²) in [5.41, 5.74) is 0. The van der Waals surface area contributed by atoms with Gasteiger partial charge in [-0.2, -0.15) is 22.0 Å². The monoisotopic (exact) mass is 210 g/mol. The van der Waals surface area contributed by atoms with Crippen molar-refractivity contribution < 1.29 is 26.3 Å². The lowest BCUT2D eigenvalue weighted by molar-refractivity contribution is -0.195. The van der Waals surface area contributed by atoms with Crippen LogP contribution in [0.3, 0.4) is 0 Å². The van der Waals surface area contributed by atoms with Gasteiger partial charge in [-0.3, -0.25) is 0 Å². The highest BCUT2D eigenvalue weighted by Crippen LogP contribution is 2.51. The molecule has 0 spiro atoms. The van der Waals surface area contributed by atoms with Crippen molar-refractivity contribution in [3.63, 3.8) is 0 Å². The molecule has 1 rings (SSSR count). The maximum atomic E-state index is 12.4. The highest BCUT2D eigenvalue weighted by atomic mass is 32.2. The molecule has 7 heteroatoms. The van der Waals surface area contributed by atoms with E-state index >= 15 is 0 Å². The first-order chi connectivity index (χ1) is 5.25. The fourth-order valence-corrected chi connectivity index (χ4v) is 1.94. The molecule has 0 aromatic carbocycles. The highest BCUT2D eigenvalue weighted by Gasteiger charge is 2.61. The van der Waals surface area contributed by atoms with Crippen LogP contribution in [0.25, 0.3) is 0 Å². The van der Waals surface area contributed by atoms with Crippen molar-refractivity contribution in [1.29, 1.82) is 0 Å². The van der Waals surface area contributed by atoms with E-state index in [1.54, 1.807) is 0 Å². The Hall–Kier alpha value is -0.0700. The van der Waals surface area contributed by atoms with Gasteiger partial charge in [0.1, 0.15) is 5.92 Å². The van der Waals surface area contributed by atoms with Crippen molar-refractivity contribution in [3.8, 4) is 0 Å². The molecule has 0 bridgehead atoms. The van der Waals surface area contributed by atoms with Crippen molar-refractivity contribution in [3.05, 3.63) is 0 Å². The minimum absolute atomic E-state index is 0.286. The Bertz CT molecular complexity index is 175. The van der Waals surface area contributed by atoms with E-state index in [0.717, 1.165) is 0 Å². The third kappa shape index (κ3) is 1.65. The van der Waals surface area contributed by atoms with Gasteiger partial charge in [-0.15, -0.1) is 0 Å². The summed E-state index contributed by atoms with van der Waals surface area (Å²) in [5.74, 6) is -3.44. The smallest absolute Gasteiger partial charge is 0.239 e. The summed E-state index contributed by atoms with van der Waals surface area (Å²) >= 11 is -0.286. The van der Waals surface area contributed by atoms with Crippen molar-refractivity contribution in [2.24, 2.45) is 5.92 Å². The second-order valence-corrected chi connectivity index (χ2v) is 3.59. The lowest BCUT2D eigenvalue weighted by Crippen LogP contribution is -2.35. The fourth-order valence-electron chi connectivity index (χ4n) is 0.860. The average Bonchev–Trinajstić information content (AvgIpc) is 2.06. The zero-order valence-electron chi connectivity index (χ0n) is 5.54. The van der Waals surface area contributed by atoms with Crippen LogP contribution in [0.2, 0.25) is 0 Å². The van der Waals surface area contributed by atoms with Gasteiger partial charge in [0.05, 0.1) is 0 Å². The van der Waals surface area contributed by atoms with E-state index in [0.29, 0.717) is 0 Å². The Balaban J connectivity index is 2.74. The molecule has 2 unspecified atom stereocenters. The molecule has 1 saturated heterocycles. The molecule has 0 N–H and O–H groups in total. The number of hydrogen-bond acceptors (Lipinski definition) is 1. The predicted octanol–water partition coefficient (Wildman–Crippen LogP) is 2.84. The summed E-state index contributed by atoms with van der Waals surface area (Å²) in [6, 6.07) is 0. The molecule has 0 saturated carbocycles. The van der Waals surface area contributed by atoms with Crippen LogP contribution in [0.4, 0.5) is 26.3 Å². The largest absolute Gasteiger partial charge is 0.395 e. The summed E-state index contributed by atoms with van der Waals surface area (Å²) < 4.78 is 72.1. The summed E-state index contributed by atoms with van der Waals surface area (Å²) in [4.78, 5) is 0. The maximum absolute atomic E-state index is 12.4. The molecule has 0 radical (unpaired) electrons. The molecule has 1 heterocycles. The fraction of sp³-hybridized carbons (Fsp3) is 1.00. The summed E-state index contributed by atoms with van der Waals surface area (Å²) in [6.07, 6.45) is -7.98. The van der Waals surface area contributed by atoms with E-state index in [2.05, 4.69) is 0 Å². The molecule has 0 aromatic rings. The van der Waals surface area contributed by atoms with Gasteiger partial charge in [0.2, 0.25) is 0 Å². The van der Waals surface area contributed by atoms with Crippen LogP contribution >= 0.6 is 11.8 Å². The zero-order chi connectivity index (χ0) is 9.57. The molecule has 2 atom stereocenters. The molecule has 12 heavy (non-hydrogen) atoms. The van der Waals surface area contributed by atoms with E-state index in [4.69, 9.17) is 0 Å². The second kappa shape index (κ2) is 2.71. The lowest BCUT2D eigenvalue weighted by Gasteiger charge is -2.17. The predicted molar refractivity (Wildman–Crippen MR) is 31.8 cm³/mol. The zero-order valence-corrected chi connectivity index (χ0v) is 6.35. The van der Waals surface area contributed by atoms with Gasteiger partial charge >= 0.3 is 11.4 Å². The van der Waals surface area contributed by atoms with Crippen molar-refractivity contribution in [2.75, 3.05) is 5.75 Å². The van der Waals surface area contributed by atoms with Crippen LogP contribution in [0.1, 0.15) is 0 Å². The molecular formula is C5H4F6S. The molecule has 0 aliphatic carbocycles. The topological polar surface area (TPSA) is 0 Å². The Labute approximate surface area is 68.3 Å². The Kier molecular flexibility index (Phi) is 2.26.